The first-order valence-corrected chi connectivity index (χ1v) is 11.8. The molecule has 164 valence electrons. The molecule has 8 heteroatoms. The van der Waals surface area contributed by atoms with Crippen molar-refractivity contribution in [1.29, 1.82) is 0 Å². The van der Waals surface area contributed by atoms with Crippen molar-refractivity contribution in [1.82, 2.24) is 0 Å². The van der Waals surface area contributed by atoms with Gasteiger partial charge in [-0.2, -0.15) is 0 Å². The minimum atomic E-state index is -1.94. The first-order chi connectivity index (χ1) is 14.1. The second-order valence-corrected chi connectivity index (χ2v) is 10.7. The van der Waals surface area contributed by atoms with Gasteiger partial charge in [0.25, 0.3) is 0 Å². The molecule has 0 unspecified atom stereocenters. The zero-order valence-electron chi connectivity index (χ0n) is 17.7. The van der Waals surface area contributed by atoms with Gasteiger partial charge in [-0.3, -0.25) is 9.00 Å². The molecule has 7 nitrogen and oxygen atoms in total. The van der Waals surface area contributed by atoms with Crippen LogP contribution < -0.4 is 0 Å². The van der Waals surface area contributed by atoms with Crippen molar-refractivity contribution in [3.8, 4) is 0 Å². The van der Waals surface area contributed by atoms with Crippen LogP contribution in [0.2, 0.25) is 0 Å². The van der Waals surface area contributed by atoms with Gasteiger partial charge in [-0.05, 0) is 31.7 Å². The fourth-order valence-corrected chi connectivity index (χ4v) is 7.32. The van der Waals surface area contributed by atoms with E-state index in [2.05, 4.69) is 0 Å². The molecule has 2 fully saturated rings. The molecule has 0 radical (unpaired) electrons. The SMILES string of the molecule is COC(=O)[C@@]1(O)[C@@H]([S@@](C)=O)CC=C2[C@]3(C)C[C@@H](c4ccoc4)OC(=O)[C@@H]3CC[C@]21C. The van der Waals surface area contributed by atoms with E-state index >= 15 is 0 Å². The highest BCUT2D eigenvalue weighted by Crippen LogP contribution is 2.65. The van der Waals surface area contributed by atoms with Crippen LogP contribution in [0.25, 0.3) is 0 Å². The number of ether oxygens (including phenoxy) is 2. The van der Waals surface area contributed by atoms with Crippen molar-refractivity contribution in [3.63, 3.8) is 0 Å². The molecule has 1 aromatic rings. The van der Waals surface area contributed by atoms with E-state index < -0.39 is 44.6 Å². The zero-order valence-corrected chi connectivity index (χ0v) is 18.5. The minimum absolute atomic E-state index is 0.271. The quantitative estimate of drug-likeness (QED) is 0.574. The van der Waals surface area contributed by atoms with Crippen LogP contribution in [-0.2, 0) is 29.9 Å². The molecule has 7 atom stereocenters. The molecule has 1 saturated heterocycles. The fraction of sp³-hybridized carbons (Fsp3) is 0.636. The number of cyclic esters (lactones) is 1. The van der Waals surface area contributed by atoms with E-state index in [1.54, 1.807) is 18.6 Å². The summed E-state index contributed by atoms with van der Waals surface area (Å²) >= 11 is 0. The van der Waals surface area contributed by atoms with Gasteiger partial charge in [0.05, 0.1) is 30.8 Å². The monoisotopic (exact) mass is 436 g/mol. The molecule has 1 aliphatic heterocycles. The van der Waals surface area contributed by atoms with E-state index in [-0.39, 0.29) is 18.3 Å². The van der Waals surface area contributed by atoms with Crippen molar-refractivity contribution in [2.45, 2.75) is 56.5 Å². The van der Waals surface area contributed by atoms with E-state index in [0.29, 0.717) is 19.3 Å². The van der Waals surface area contributed by atoms with Gasteiger partial charge in [0, 0.05) is 33.4 Å². The Kier molecular flexibility index (Phi) is 5.01. The molecule has 0 bridgehead atoms. The smallest absolute Gasteiger partial charge is 0.340 e. The van der Waals surface area contributed by atoms with E-state index in [1.165, 1.54) is 13.4 Å². The first-order valence-electron chi connectivity index (χ1n) is 10.2. The van der Waals surface area contributed by atoms with E-state index in [9.17, 15) is 18.9 Å². The molecule has 3 aliphatic rings. The topological polar surface area (TPSA) is 103 Å². The Morgan fingerprint density at radius 1 is 1.37 bits per heavy atom. The van der Waals surface area contributed by atoms with Gasteiger partial charge in [-0.25, -0.2) is 4.79 Å². The molecule has 1 saturated carbocycles. The van der Waals surface area contributed by atoms with Crippen LogP contribution in [-0.4, -0.2) is 45.5 Å². The lowest BCUT2D eigenvalue weighted by atomic mass is 9.46. The Bertz CT molecular complexity index is 922. The molecular weight excluding hydrogens is 408 g/mol. The van der Waals surface area contributed by atoms with Crippen molar-refractivity contribution in [2.75, 3.05) is 13.4 Å². The van der Waals surface area contributed by atoms with Crippen LogP contribution in [0.5, 0.6) is 0 Å². The predicted octanol–water partition coefficient (Wildman–Crippen LogP) is 2.67. The molecule has 2 heterocycles. The third-order valence-corrected chi connectivity index (χ3v) is 9.05. The largest absolute Gasteiger partial charge is 0.472 e. The van der Waals surface area contributed by atoms with Gasteiger partial charge in [-0.15, -0.1) is 0 Å². The molecule has 30 heavy (non-hydrogen) atoms. The van der Waals surface area contributed by atoms with Gasteiger partial charge in [0.15, 0.2) is 5.60 Å². The molecule has 0 amide bonds. The zero-order chi connectivity index (χ0) is 21.9. The van der Waals surface area contributed by atoms with Gasteiger partial charge < -0.3 is 19.0 Å². The van der Waals surface area contributed by atoms with Crippen LogP contribution in [0.1, 0.15) is 51.2 Å². The standard InChI is InChI=1S/C22H28O7S/c1-20-11-15(13-8-10-28-12-13)29-18(23)14(20)7-9-21(2)16(20)5-6-17(30(4)26)22(21,25)19(24)27-3/h5,8,10,12,14-15,17,25H,6-7,9,11H2,1-4H3/t14-,15-,17-,20+,21+,22-,30+/m0/s1. The molecule has 1 N–H and O–H groups in total. The molecule has 0 aromatic carbocycles. The number of fused-ring (bicyclic) bond motifs is 3. The summed E-state index contributed by atoms with van der Waals surface area (Å²) in [6.45, 7) is 3.85. The molecule has 2 aliphatic carbocycles. The Hall–Kier alpha value is -1.93. The van der Waals surface area contributed by atoms with Crippen molar-refractivity contribution >= 4 is 22.7 Å². The Balaban J connectivity index is 1.84. The minimum Gasteiger partial charge on any atom is -0.472 e. The Morgan fingerprint density at radius 2 is 2.10 bits per heavy atom. The van der Waals surface area contributed by atoms with E-state index in [1.807, 2.05) is 19.9 Å². The number of allylic oxidation sites excluding steroid dienone is 1. The maximum Gasteiger partial charge on any atom is 0.340 e. The highest BCUT2D eigenvalue weighted by molar-refractivity contribution is 7.85. The summed E-state index contributed by atoms with van der Waals surface area (Å²) in [6, 6.07) is 1.78. The van der Waals surface area contributed by atoms with E-state index in [0.717, 1.165) is 11.1 Å². The number of carbonyl (C=O) groups is 2. The van der Waals surface area contributed by atoms with Crippen LogP contribution in [0.15, 0.2) is 34.7 Å². The van der Waals surface area contributed by atoms with Crippen molar-refractivity contribution in [3.05, 3.63) is 35.8 Å². The number of hydrogen-bond donors (Lipinski definition) is 1. The number of esters is 2. The fourth-order valence-electron chi connectivity index (χ4n) is 6.12. The Morgan fingerprint density at radius 3 is 2.70 bits per heavy atom. The summed E-state index contributed by atoms with van der Waals surface area (Å²) in [5.74, 6) is -1.42. The summed E-state index contributed by atoms with van der Waals surface area (Å²) < 4.78 is 28.4. The highest BCUT2D eigenvalue weighted by Gasteiger charge is 2.68. The lowest BCUT2D eigenvalue weighted by Crippen LogP contribution is -2.68. The maximum absolute atomic E-state index is 13.0. The average Bonchev–Trinajstić information content (AvgIpc) is 3.22. The summed E-state index contributed by atoms with van der Waals surface area (Å²) in [5.41, 5.74) is -1.93. The van der Waals surface area contributed by atoms with Crippen LogP contribution in [0.4, 0.5) is 0 Å². The molecular formula is C22H28O7S. The number of furan rings is 1. The van der Waals surface area contributed by atoms with Gasteiger partial charge in [0.1, 0.15) is 6.10 Å². The Labute approximate surface area is 178 Å². The predicted molar refractivity (Wildman–Crippen MR) is 109 cm³/mol. The first kappa shape index (κ1) is 21.3. The summed E-state index contributed by atoms with van der Waals surface area (Å²) in [4.78, 5) is 25.9. The maximum atomic E-state index is 13.0. The molecule has 0 spiro atoms. The molecule has 4 rings (SSSR count). The number of aliphatic hydroxyl groups is 1. The summed E-state index contributed by atoms with van der Waals surface area (Å²) in [6.07, 6.45) is 7.77. The second kappa shape index (κ2) is 7.05. The van der Waals surface area contributed by atoms with Gasteiger partial charge >= 0.3 is 11.9 Å². The third kappa shape index (κ3) is 2.69. The van der Waals surface area contributed by atoms with Crippen LogP contribution >= 0.6 is 0 Å². The number of rotatable bonds is 3. The lowest BCUT2D eigenvalue weighted by Gasteiger charge is -2.60. The third-order valence-electron chi connectivity index (χ3n) is 7.72. The highest BCUT2D eigenvalue weighted by atomic mass is 32.2. The van der Waals surface area contributed by atoms with Crippen molar-refractivity contribution < 1.29 is 32.8 Å². The second-order valence-electron chi connectivity index (χ2n) is 9.13. The molecule has 1 aromatic heterocycles. The van der Waals surface area contributed by atoms with E-state index in [4.69, 9.17) is 13.9 Å². The number of carbonyl (C=O) groups excluding carboxylic acids is 2. The summed E-state index contributed by atoms with van der Waals surface area (Å²) in [7, 11) is -0.212. The number of hydrogen-bond acceptors (Lipinski definition) is 7. The summed E-state index contributed by atoms with van der Waals surface area (Å²) in [5, 5.41) is 11.0. The van der Waals surface area contributed by atoms with Crippen LogP contribution in [0, 0.1) is 16.7 Å². The lowest BCUT2D eigenvalue weighted by molar-refractivity contribution is -0.190. The van der Waals surface area contributed by atoms with Crippen LogP contribution in [0.3, 0.4) is 0 Å². The van der Waals surface area contributed by atoms with Gasteiger partial charge in [-0.1, -0.05) is 25.5 Å². The van der Waals surface area contributed by atoms with Gasteiger partial charge in [0.2, 0.25) is 0 Å². The number of methoxy groups -OCH3 is 1. The van der Waals surface area contributed by atoms with Crippen molar-refractivity contribution in [2.24, 2.45) is 16.7 Å². The average molecular weight is 437 g/mol. The normalized spacial score (nSPS) is 41.7.